The molecule has 0 bridgehead atoms. The average Bonchev–Trinajstić information content (AvgIpc) is 2.77. The molecule has 1 N–H and O–H groups in total. The van der Waals surface area contributed by atoms with E-state index in [4.69, 9.17) is 4.74 Å². The third-order valence-electron chi connectivity index (χ3n) is 5.68. The van der Waals surface area contributed by atoms with E-state index in [1.54, 1.807) is 25.4 Å². The Balaban J connectivity index is 1.32. The maximum absolute atomic E-state index is 12.0. The molecule has 1 aromatic heterocycles. The van der Waals surface area contributed by atoms with Crippen molar-refractivity contribution in [1.29, 1.82) is 0 Å². The van der Waals surface area contributed by atoms with Crippen molar-refractivity contribution in [2.75, 3.05) is 20.1 Å². The van der Waals surface area contributed by atoms with Crippen LogP contribution in [0.4, 0.5) is 0 Å². The van der Waals surface area contributed by atoms with Gasteiger partial charge in [-0.05, 0) is 43.2 Å². The molecule has 1 aromatic rings. The van der Waals surface area contributed by atoms with Crippen LogP contribution in [0, 0.1) is 0 Å². The number of pyridine rings is 1. The highest BCUT2D eigenvalue weighted by Gasteiger charge is 2.37. The Labute approximate surface area is 175 Å². The summed E-state index contributed by atoms with van der Waals surface area (Å²) >= 11 is 0. The maximum atomic E-state index is 12.0. The largest absolute Gasteiger partial charge is 0.486 e. The number of carbonyl (C=O) groups excluding carboxylic acids is 2. The molecule has 1 unspecified atom stereocenters. The number of hydrogen-bond donors (Lipinski definition) is 1. The summed E-state index contributed by atoms with van der Waals surface area (Å²) in [6.45, 7) is 5.57. The molecule has 1 fully saturated rings. The second-order valence-corrected chi connectivity index (χ2v) is 7.61. The van der Waals surface area contributed by atoms with Gasteiger partial charge in [0.15, 0.2) is 0 Å². The lowest BCUT2D eigenvalue weighted by Crippen LogP contribution is -2.61. The van der Waals surface area contributed by atoms with Gasteiger partial charge >= 0.3 is 0 Å². The topological polar surface area (TPSA) is 96.2 Å². The fourth-order valence-electron chi connectivity index (χ4n) is 3.71. The van der Waals surface area contributed by atoms with Crippen molar-refractivity contribution in [3.63, 3.8) is 0 Å². The van der Waals surface area contributed by atoms with Gasteiger partial charge in [0, 0.05) is 38.0 Å². The van der Waals surface area contributed by atoms with Crippen LogP contribution in [0.2, 0.25) is 0 Å². The average molecular weight is 407 g/mol. The maximum Gasteiger partial charge on any atom is 0.272 e. The highest BCUT2D eigenvalue weighted by atomic mass is 16.5. The van der Waals surface area contributed by atoms with Gasteiger partial charge in [-0.1, -0.05) is 6.92 Å². The zero-order valence-corrected chi connectivity index (χ0v) is 17.3. The SMILES string of the molecule is CCC1=CC2N=CC(CN3C[C@H](Oc4ccc(C(=O)NC)nc4)[C@H]3C)=CC2=NC1=O. The summed E-state index contributed by atoms with van der Waals surface area (Å²) < 4.78 is 6.01. The minimum Gasteiger partial charge on any atom is -0.486 e. The number of nitrogens with zero attached hydrogens (tertiary/aromatic N) is 4. The van der Waals surface area contributed by atoms with E-state index in [0.717, 1.165) is 29.9 Å². The Hall–Kier alpha value is -3.13. The van der Waals surface area contributed by atoms with Crippen LogP contribution in [0.1, 0.15) is 30.8 Å². The van der Waals surface area contributed by atoms with E-state index in [0.29, 0.717) is 17.9 Å². The molecule has 8 nitrogen and oxygen atoms in total. The van der Waals surface area contributed by atoms with E-state index in [1.807, 2.05) is 25.3 Å². The van der Waals surface area contributed by atoms with Crippen LogP contribution in [-0.2, 0) is 4.79 Å². The summed E-state index contributed by atoms with van der Waals surface area (Å²) in [5.41, 5.74) is 2.85. The van der Waals surface area contributed by atoms with Crippen LogP contribution in [0.15, 0.2) is 51.6 Å². The number of aromatic nitrogens is 1. The third-order valence-corrected chi connectivity index (χ3v) is 5.68. The smallest absolute Gasteiger partial charge is 0.272 e. The Kier molecular flexibility index (Phi) is 5.59. The number of amides is 2. The highest BCUT2D eigenvalue weighted by Crippen LogP contribution is 2.26. The Morgan fingerprint density at radius 1 is 1.37 bits per heavy atom. The first-order chi connectivity index (χ1) is 14.5. The Bertz CT molecular complexity index is 977. The van der Waals surface area contributed by atoms with Gasteiger partial charge in [0.1, 0.15) is 23.6 Å². The molecule has 4 rings (SSSR count). The van der Waals surface area contributed by atoms with Gasteiger partial charge in [-0.25, -0.2) is 9.98 Å². The second kappa shape index (κ2) is 8.31. The van der Waals surface area contributed by atoms with Crippen LogP contribution >= 0.6 is 0 Å². The van der Waals surface area contributed by atoms with E-state index in [-0.39, 0.29) is 30.0 Å². The molecule has 0 radical (unpaired) electrons. The lowest BCUT2D eigenvalue weighted by molar-refractivity contribution is -0.114. The van der Waals surface area contributed by atoms with Crippen LogP contribution in [0.5, 0.6) is 5.75 Å². The van der Waals surface area contributed by atoms with Crippen LogP contribution in [-0.4, -0.2) is 71.9 Å². The van der Waals surface area contributed by atoms with Crippen molar-refractivity contribution in [2.24, 2.45) is 9.98 Å². The Morgan fingerprint density at radius 3 is 2.87 bits per heavy atom. The third kappa shape index (κ3) is 3.95. The second-order valence-electron chi connectivity index (χ2n) is 7.61. The number of carbonyl (C=O) groups is 2. The molecule has 3 aliphatic rings. The number of dihydropyridines is 2. The lowest BCUT2D eigenvalue weighted by atomic mass is 9.96. The van der Waals surface area contributed by atoms with E-state index in [2.05, 4.69) is 32.1 Å². The molecule has 3 aliphatic heterocycles. The van der Waals surface area contributed by atoms with Gasteiger partial charge in [-0.3, -0.25) is 19.5 Å². The monoisotopic (exact) mass is 407 g/mol. The number of hydrogen-bond acceptors (Lipinski definition) is 6. The molecule has 3 atom stereocenters. The van der Waals surface area contributed by atoms with Crippen molar-refractivity contribution in [3.05, 3.63) is 47.3 Å². The summed E-state index contributed by atoms with van der Waals surface area (Å²) in [4.78, 5) is 38.8. The summed E-state index contributed by atoms with van der Waals surface area (Å²) in [7, 11) is 1.57. The van der Waals surface area contributed by atoms with Crippen LogP contribution in [0.3, 0.4) is 0 Å². The minimum absolute atomic E-state index is 0.0511. The van der Waals surface area contributed by atoms with E-state index in [1.165, 1.54) is 0 Å². The molecule has 2 amide bonds. The van der Waals surface area contributed by atoms with Crippen molar-refractivity contribution in [1.82, 2.24) is 15.2 Å². The number of nitrogens with one attached hydrogen (secondary N) is 1. The van der Waals surface area contributed by atoms with Crippen molar-refractivity contribution in [2.45, 2.75) is 38.5 Å². The fraction of sp³-hybridized carbons (Fsp3) is 0.409. The fourth-order valence-corrected chi connectivity index (χ4v) is 3.71. The summed E-state index contributed by atoms with van der Waals surface area (Å²) in [5, 5.41) is 2.55. The molecule has 30 heavy (non-hydrogen) atoms. The zero-order chi connectivity index (χ0) is 21.3. The number of likely N-dealkylation sites (tertiary alicyclic amines) is 1. The zero-order valence-electron chi connectivity index (χ0n) is 17.3. The van der Waals surface area contributed by atoms with E-state index < -0.39 is 0 Å². The van der Waals surface area contributed by atoms with Gasteiger partial charge in [-0.15, -0.1) is 0 Å². The standard InChI is InChI=1S/C22H25N5O3/c1-4-15-8-18-19(26-21(15)28)7-14(9-24-18)11-27-12-20(13(27)2)30-16-5-6-17(25-10-16)22(29)23-3/h5-10,13,18,20H,4,11-12H2,1-3H3,(H,23,29)/t13-,18?,20+/m1/s1. The first kappa shape index (κ1) is 20.2. The Morgan fingerprint density at radius 2 is 2.20 bits per heavy atom. The number of aliphatic imine (C=N–C) groups is 2. The highest BCUT2D eigenvalue weighted by molar-refractivity contribution is 6.16. The molecule has 8 heteroatoms. The van der Waals surface area contributed by atoms with E-state index >= 15 is 0 Å². The molecular weight excluding hydrogens is 382 g/mol. The summed E-state index contributed by atoms with van der Waals surface area (Å²) in [6.07, 6.45) is 8.07. The molecule has 0 spiro atoms. The first-order valence-corrected chi connectivity index (χ1v) is 10.1. The van der Waals surface area contributed by atoms with Gasteiger partial charge in [0.05, 0.1) is 11.9 Å². The first-order valence-electron chi connectivity index (χ1n) is 10.1. The van der Waals surface area contributed by atoms with Gasteiger partial charge in [-0.2, -0.15) is 0 Å². The molecule has 0 aromatic carbocycles. The molecule has 1 saturated heterocycles. The van der Waals surface area contributed by atoms with Gasteiger partial charge < -0.3 is 10.1 Å². The minimum atomic E-state index is -0.222. The molecule has 0 saturated carbocycles. The van der Waals surface area contributed by atoms with Crippen molar-refractivity contribution in [3.8, 4) is 5.75 Å². The summed E-state index contributed by atoms with van der Waals surface area (Å²) in [6, 6.07) is 3.49. The molecular formula is C22H25N5O3. The van der Waals surface area contributed by atoms with E-state index in [9.17, 15) is 9.59 Å². The quantitative estimate of drug-likeness (QED) is 0.773. The molecule has 156 valence electrons. The molecule has 4 heterocycles. The predicted molar refractivity (Wildman–Crippen MR) is 114 cm³/mol. The van der Waals surface area contributed by atoms with Crippen molar-refractivity contribution >= 4 is 23.7 Å². The number of fused-ring (bicyclic) bond motifs is 1. The summed E-state index contributed by atoms with van der Waals surface area (Å²) in [5.74, 6) is 0.271. The van der Waals surface area contributed by atoms with Crippen molar-refractivity contribution < 1.29 is 14.3 Å². The van der Waals surface area contributed by atoms with Crippen LogP contribution < -0.4 is 10.1 Å². The molecule has 0 aliphatic carbocycles. The van der Waals surface area contributed by atoms with Crippen LogP contribution in [0.25, 0.3) is 0 Å². The normalized spacial score (nSPS) is 25.5. The van der Waals surface area contributed by atoms with Gasteiger partial charge in [0.2, 0.25) is 0 Å². The predicted octanol–water partition coefficient (Wildman–Crippen LogP) is 1.59. The number of ether oxygens (including phenoxy) is 1. The van der Waals surface area contributed by atoms with Gasteiger partial charge in [0.25, 0.3) is 11.8 Å². The number of rotatable bonds is 6. The lowest BCUT2D eigenvalue weighted by Gasteiger charge is -2.46.